The first-order chi connectivity index (χ1) is 11.2. The summed E-state index contributed by atoms with van der Waals surface area (Å²) in [4.78, 5) is 16.8. The molecular weight excluding hydrogens is 294 g/mol. The number of carboxylic acid groups (broad SMARTS) is 1. The van der Waals surface area contributed by atoms with E-state index in [1.54, 1.807) is 0 Å². The molecule has 2 aromatic heterocycles. The van der Waals surface area contributed by atoms with Crippen LogP contribution in [0.3, 0.4) is 0 Å². The SMILES string of the molecule is CCOCCn1cc(C2CCN(C(=O)O)CC2)c2ccncc21. The van der Waals surface area contributed by atoms with Crippen molar-refractivity contribution in [3.05, 3.63) is 30.2 Å². The number of aromatic nitrogens is 2. The van der Waals surface area contributed by atoms with Gasteiger partial charge in [-0.3, -0.25) is 4.98 Å². The number of hydrogen-bond donors (Lipinski definition) is 1. The molecular formula is C17H23N3O3. The highest BCUT2D eigenvalue weighted by atomic mass is 16.5. The first-order valence-corrected chi connectivity index (χ1v) is 8.19. The smallest absolute Gasteiger partial charge is 0.407 e. The third-order valence-corrected chi connectivity index (χ3v) is 4.60. The zero-order valence-corrected chi connectivity index (χ0v) is 13.4. The maximum atomic E-state index is 11.1. The van der Waals surface area contributed by atoms with Crippen molar-refractivity contribution in [1.29, 1.82) is 0 Å². The minimum atomic E-state index is -0.813. The van der Waals surface area contributed by atoms with E-state index in [1.807, 2.05) is 19.3 Å². The quantitative estimate of drug-likeness (QED) is 0.861. The van der Waals surface area contributed by atoms with Crippen LogP contribution >= 0.6 is 0 Å². The second kappa shape index (κ2) is 7.00. The summed E-state index contributed by atoms with van der Waals surface area (Å²) < 4.78 is 7.67. The molecule has 0 radical (unpaired) electrons. The Hall–Kier alpha value is -2.08. The third kappa shape index (κ3) is 3.32. The summed E-state index contributed by atoms with van der Waals surface area (Å²) in [5.74, 6) is 0.406. The molecule has 1 aliphatic rings. The number of amides is 1. The molecule has 3 heterocycles. The van der Waals surface area contributed by atoms with Crippen molar-refractivity contribution in [3.8, 4) is 0 Å². The van der Waals surface area contributed by atoms with Gasteiger partial charge in [-0.15, -0.1) is 0 Å². The fourth-order valence-electron chi connectivity index (χ4n) is 3.37. The van der Waals surface area contributed by atoms with Crippen LogP contribution in [0.1, 0.15) is 31.2 Å². The Balaban J connectivity index is 1.82. The maximum absolute atomic E-state index is 11.1. The van der Waals surface area contributed by atoms with Gasteiger partial charge in [-0.05, 0) is 37.3 Å². The minimum Gasteiger partial charge on any atom is -0.465 e. The van der Waals surface area contributed by atoms with Crippen LogP contribution in [0.25, 0.3) is 10.9 Å². The first-order valence-electron chi connectivity index (χ1n) is 8.19. The van der Waals surface area contributed by atoms with Gasteiger partial charge in [0.2, 0.25) is 0 Å². The lowest BCUT2D eigenvalue weighted by Gasteiger charge is -2.29. The number of hydrogen-bond acceptors (Lipinski definition) is 3. The molecule has 1 saturated heterocycles. The van der Waals surface area contributed by atoms with Gasteiger partial charge in [0.15, 0.2) is 0 Å². The summed E-state index contributed by atoms with van der Waals surface area (Å²) in [6.07, 6.45) is 6.86. The van der Waals surface area contributed by atoms with Crippen molar-refractivity contribution in [2.24, 2.45) is 0 Å². The molecule has 1 N–H and O–H groups in total. The summed E-state index contributed by atoms with van der Waals surface area (Å²) in [6.45, 7) is 5.43. The van der Waals surface area contributed by atoms with Gasteiger partial charge in [-0.25, -0.2) is 4.79 Å². The highest BCUT2D eigenvalue weighted by Crippen LogP contribution is 2.34. The van der Waals surface area contributed by atoms with E-state index >= 15 is 0 Å². The van der Waals surface area contributed by atoms with Gasteiger partial charge in [-0.2, -0.15) is 0 Å². The van der Waals surface area contributed by atoms with Crippen LogP contribution in [0, 0.1) is 0 Å². The number of likely N-dealkylation sites (tertiary alicyclic amines) is 1. The Kier molecular flexibility index (Phi) is 4.81. The van der Waals surface area contributed by atoms with Gasteiger partial charge in [-0.1, -0.05) is 0 Å². The van der Waals surface area contributed by atoms with E-state index in [0.717, 1.165) is 31.5 Å². The van der Waals surface area contributed by atoms with Crippen molar-refractivity contribution >= 4 is 17.0 Å². The molecule has 3 rings (SSSR count). The van der Waals surface area contributed by atoms with Crippen molar-refractivity contribution in [2.45, 2.75) is 32.2 Å². The van der Waals surface area contributed by atoms with Crippen molar-refractivity contribution < 1.29 is 14.6 Å². The Bertz CT molecular complexity index is 675. The Morgan fingerprint density at radius 1 is 1.43 bits per heavy atom. The van der Waals surface area contributed by atoms with Crippen LogP contribution in [-0.2, 0) is 11.3 Å². The third-order valence-electron chi connectivity index (χ3n) is 4.60. The van der Waals surface area contributed by atoms with Crippen LogP contribution in [0.5, 0.6) is 0 Å². The summed E-state index contributed by atoms with van der Waals surface area (Å²) >= 11 is 0. The number of ether oxygens (including phenoxy) is 1. The van der Waals surface area contributed by atoms with Crippen LogP contribution in [-0.4, -0.2) is 52.0 Å². The van der Waals surface area contributed by atoms with E-state index < -0.39 is 6.09 Å². The number of rotatable bonds is 5. The normalized spacial score (nSPS) is 16.1. The highest BCUT2D eigenvalue weighted by molar-refractivity contribution is 5.83. The zero-order valence-electron chi connectivity index (χ0n) is 13.4. The lowest BCUT2D eigenvalue weighted by Crippen LogP contribution is -2.36. The predicted octanol–water partition coefficient (Wildman–Crippen LogP) is 2.93. The van der Waals surface area contributed by atoms with E-state index in [1.165, 1.54) is 15.8 Å². The van der Waals surface area contributed by atoms with Gasteiger partial charge in [0.25, 0.3) is 0 Å². The van der Waals surface area contributed by atoms with Crippen molar-refractivity contribution in [1.82, 2.24) is 14.5 Å². The molecule has 0 unspecified atom stereocenters. The average molecular weight is 317 g/mol. The summed E-state index contributed by atoms with van der Waals surface area (Å²) in [7, 11) is 0. The molecule has 6 heteroatoms. The van der Waals surface area contributed by atoms with E-state index in [-0.39, 0.29) is 0 Å². The molecule has 0 saturated carbocycles. The van der Waals surface area contributed by atoms with E-state index in [9.17, 15) is 4.79 Å². The maximum Gasteiger partial charge on any atom is 0.407 e. The molecule has 0 bridgehead atoms. The molecule has 0 aliphatic carbocycles. The first kappa shape index (κ1) is 15.8. The zero-order chi connectivity index (χ0) is 16.2. The van der Waals surface area contributed by atoms with E-state index in [0.29, 0.717) is 25.6 Å². The molecule has 0 aromatic carbocycles. The highest BCUT2D eigenvalue weighted by Gasteiger charge is 2.25. The molecule has 0 atom stereocenters. The average Bonchev–Trinajstić information content (AvgIpc) is 2.94. The largest absolute Gasteiger partial charge is 0.465 e. The number of nitrogens with zero attached hydrogens (tertiary/aromatic N) is 3. The lowest BCUT2D eigenvalue weighted by atomic mass is 9.89. The number of fused-ring (bicyclic) bond motifs is 1. The van der Waals surface area contributed by atoms with Crippen molar-refractivity contribution in [3.63, 3.8) is 0 Å². The van der Waals surface area contributed by atoms with Crippen molar-refractivity contribution in [2.75, 3.05) is 26.3 Å². The summed E-state index contributed by atoms with van der Waals surface area (Å²) in [5, 5.41) is 10.3. The molecule has 1 aliphatic heterocycles. The second-order valence-electron chi connectivity index (χ2n) is 5.91. The van der Waals surface area contributed by atoms with Gasteiger partial charge in [0, 0.05) is 44.0 Å². The number of carbonyl (C=O) groups is 1. The standard InChI is InChI=1S/C17H23N3O3/c1-2-23-10-9-20-12-15(14-3-6-18-11-16(14)20)13-4-7-19(8-5-13)17(21)22/h3,6,11-13H,2,4-5,7-10H2,1H3,(H,21,22). The second-order valence-corrected chi connectivity index (χ2v) is 5.91. The Morgan fingerprint density at radius 2 is 2.22 bits per heavy atom. The minimum absolute atomic E-state index is 0.406. The summed E-state index contributed by atoms with van der Waals surface area (Å²) in [6, 6.07) is 2.06. The van der Waals surface area contributed by atoms with E-state index in [4.69, 9.17) is 9.84 Å². The molecule has 23 heavy (non-hydrogen) atoms. The Labute approximate surface area is 135 Å². The monoisotopic (exact) mass is 317 g/mol. The number of piperidine rings is 1. The van der Waals surface area contributed by atoms with Crippen LogP contribution in [0.2, 0.25) is 0 Å². The Morgan fingerprint density at radius 3 is 2.91 bits per heavy atom. The predicted molar refractivity (Wildman–Crippen MR) is 87.8 cm³/mol. The fraction of sp³-hybridized carbons (Fsp3) is 0.529. The van der Waals surface area contributed by atoms with Gasteiger partial charge in [0.1, 0.15) is 0 Å². The molecule has 6 nitrogen and oxygen atoms in total. The molecule has 1 amide bonds. The van der Waals surface area contributed by atoms with Gasteiger partial charge >= 0.3 is 6.09 Å². The molecule has 0 spiro atoms. The van der Waals surface area contributed by atoms with E-state index in [2.05, 4.69) is 21.8 Å². The lowest BCUT2D eigenvalue weighted by molar-refractivity contribution is 0.132. The topological polar surface area (TPSA) is 67.6 Å². The molecule has 2 aromatic rings. The van der Waals surface area contributed by atoms with Crippen LogP contribution < -0.4 is 0 Å². The molecule has 1 fully saturated rings. The van der Waals surface area contributed by atoms with Crippen LogP contribution in [0.15, 0.2) is 24.7 Å². The molecule has 124 valence electrons. The summed E-state index contributed by atoms with van der Waals surface area (Å²) in [5.41, 5.74) is 2.44. The van der Waals surface area contributed by atoms with Crippen LogP contribution in [0.4, 0.5) is 4.79 Å². The number of pyridine rings is 1. The fourth-order valence-corrected chi connectivity index (χ4v) is 3.37. The van der Waals surface area contributed by atoms with Gasteiger partial charge in [0.05, 0.1) is 18.3 Å². The van der Waals surface area contributed by atoms with Gasteiger partial charge < -0.3 is 19.3 Å².